The first-order valence-corrected chi connectivity index (χ1v) is 12.0. The highest BCUT2D eigenvalue weighted by molar-refractivity contribution is 6.23. The molecule has 6 rings (SSSR count). The van der Waals surface area contributed by atoms with Crippen LogP contribution in [0.3, 0.4) is 0 Å². The molecule has 4 aromatic carbocycles. The van der Waals surface area contributed by atoms with E-state index < -0.39 is 41.7 Å². The third kappa shape index (κ3) is 4.10. The van der Waals surface area contributed by atoms with E-state index in [1.165, 1.54) is 24.3 Å². The monoisotopic (exact) mass is 508 g/mol. The summed E-state index contributed by atoms with van der Waals surface area (Å²) in [5, 5.41) is 1.58. The number of anilines is 2. The summed E-state index contributed by atoms with van der Waals surface area (Å²) in [7, 11) is 0. The van der Waals surface area contributed by atoms with Crippen molar-refractivity contribution in [1.29, 1.82) is 0 Å². The highest BCUT2D eigenvalue weighted by Crippen LogP contribution is 2.47. The molecule has 0 aliphatic carbocycles. The molecule has 2 heterocycles. The first-order valence-electron chi connectivity index (χ1n) is 12.0. The zero-order valence-corrected chi connectivity index (χ0v) is 19.9. The molecule has 0 bridgehead atoms. The number of esters is 1. The first kappa shape index (κ1) is 23.6. The minimum absolute atomic E-state index is 0.285. The Morgan fingerprint density at radius 2 is 1.37 bits per heavy atom. The van der Waals surface area contributed by atoms with Gasteiger partial charge in [0.25, 0.3) is 5.91 Å². The van der Waals surface area contributed by atoms with Gasteiger partial charge in [-0.05, 0) is 66.2 Å². The lowest BCUT2D eigenvalue weighted by atomic mass is 9.90. The van der Waals surface area contributed by atoms with Crippen molar-refractivity contribution in [2.75, 3.05) is 9.96 Å². The number of para-hydroxylation sites is 1. The van der Waals surface area contributed by atoms with Gasteiger partial charge in [-0.3, -0.25) is 14.4 Å². The van der Waals surface area contributed by atoms with E-state index in [1.807, 2.05) is 36.4 Å². The van der Waals surface area contributed by atoms with Crippen LogP contribution in [0.1, 0.15) is 22.0 Å². The molecule has 3 unspecified atom stereocenters. The average Bonchev–Trinajstić information content (AvgIpc) is 3.46. The topological polar surface area (TPSA) is 76.2 Å². The average molecular weight is 509 g/mol. The smallest absolute Gasteiger partial charge is 0.343 e. The second kappa shape index (κ2) is 9.57. The number of rotatable bonds is 5. The third-order valence-electron chi connectivity index (χ3n) is 6.65. The van der Waals surface area contributed by atoms with E-state index in [0.717, 1.165) is 4.90 Å². The number of halogens is 1. The van der Waals surface area contributed by atoms with Crippen LogP contribution in [-0.2, 0) is 14.4 Å². The van der Waals surface area contributed by atoms with Crippen LogP contribution in [0.4, 0.5) is 15.8 Å². The summed E-state index contributed by atoms with van der Waals surface area (Å²) in [5.41, 5.74) is 2.09. The van der Waals surface area contributed by atoms with E-state index in [9.17, 15) is 18.8 Å². The van der Waals surface area contributed by atoms with Gasteiger partial charge in [0.15, 0.2) is 6.10 Å². The first-order chi connectivity index (χ1) is 18.5. The van der Waals surface area contributed by atoms with Crippen molar-refractivity contribution < 1.29 is 28.3 Å². The summed E-state index contributed by atoms with van der Waals surface area (Å²) in [5.74, 6) is -2.40. The number of carbonyl (C=O) groups is 3. The van der Waals surface area contributed by atoms with Crippen LogP contribution in [0.25, 0.3) is 0 Å². The van der Waals surface area contributed by atoms with Crippen LogP contribution in [0.2, 0.25) is 0 Å². The number of carbonyl (C=O) groups excluding carboxylic acids is 3. The predicted octanol–water partition coefficient (Wildman–Crippen LogP) is 5.10. The summed E-state index contributed by atoms with van der Waals surface area (Å²) in [6.07, 6.45) is -1.05. The largest absolute Gasteiger partial charge is 0.423 e. The lowest BCUT2D eigenvalue weighted by Crippen LogP contribution is -2.37. The maximum Gasteiger partial charge on any atom is 0.343 e. The molecule has 0 N–H and O–H groups in total. The van der Waals surface area contributed by atoms with Gasteiger partial charge in [-0.2, -0.15) is 0 Å². The van der Waals surface area contributed by atoms with E-state index >= 15 is 0 Å². The van der Waals surface area contributed by atoms with E-state index in [0.29, 0.717) is 22.6 Å². The lowest BCUT2D eigenvalue weighted by molar-refractivity contribution is -0.126. The molecule has 4 aromatic rings. The van der Waals surface area contributed by atoms with E-state index in [2.05, 4.69) is 0 Å². The van der Waals surface area contributed by atoms with Crippen LogP contribution >= 0.6 is 0 Å². The van der Waals surface area contributed by atoms with Gasteiger partial charge in [-0.25, -0.2) is 19.1 Å². The van der Waals surface area contributed by atoms with Gasteiger partial charge in [-0.15, -0.1) is 0 Å². The summed E-state index contributed by atoms with van der Waals surface area (Å²) in [4.78, 5) is 46.6. The van der Waals surface area contributed by atoms with Crippen molar-refractivity contribution >= 4 is 29.2 Å². The Morgan fingerprint density at radius 3 is 2.03 bits per heavy atom. The second-order valence-electron chi connectivity index (χ2n) is 8.97. The van der Waals surface area contributed by atoms with Gasteiger partial charge >= 0.3 is 5.97 Å². The van der Waals surface area contributed by atoms with Crippen LogP contribution in [-0.4, -0.2) is 23.9 Å². The standard InChI is InChI=1S/C30H21FN2O5/c31-21-13-15-22(16-14-21)32-28(34)25-26(33(38-27(25)29(32)35)23-9-5-2-6-10-23)19-11-17-24(18-12-19)37-30(36)20-7-3-1-4-8-20/h1-18,25-27H. The van der Waals surface area contributed by atoms with E-state index in [-0.39, 0.29) is 5.69 Å². The molecular weight excluding hydrogens is 487 g/mol. The Bertz CT molecular complexity index is 1490. The van der Waals surface area contributed by atoms with Gasteiger partial charge in [0.2, 0.25) is 5.91 Å². The number of hydrogen-bond acceptors (Lipinski definition) is 6. The number of benzene rings is 4. The van der Waals surface area contributed by atoms with Crippen molar-refractivity contribution in [1.82, 2.24) is 0 Å². The molecule has 0 aromatic heterocycles. The molecule has 7 nitrogen and oxygen atoms in total. The number of imide groups is 1. The van der Waals surface area contributed by atoms with Gasteiger partial charge in [0.05, 0.1) is 23.0 Å². The van der Waals surface area contributed by atoms with Gasteiger partial charge in [0.1, 0.15) is 17.5 Å². The molecule has 38 heavy (non-hydrogen) atoms. The number of hydroxylamine groups is 1. The molecule has 188 valence electrons. The Balaban J connectivity index is 1.32. The lowest BCUT2D eigenvalue weighted by Gasteiger charge is -2.28. The molecule has 2 fully saturated rings. The van der Waals surface area contributed by atoms with E-state index in [1.54, 1.807) is 53.6 Å². The van der Waals surface area contributed by atoms with Crippen LogP contribution in [0.5, 0.6) is 5.75 Å². The summed E-state index contributed by atoms with van der Waals surface area (Å²) in [6, 6.07) is 29.2. The van der Waals surface area contributed by atoms with Crippen LogP contribution < -0.4 is 14.7 Å². The van der Waals surface area contributed by atoms with E-state index in [4.69, 9.17) is 9.57 Å². The van der Waals surface area contributed by atoms with Crippen molar-refractivity contribution in [3.63, 3.8) is 0 Å². The van der Waals surface area contributed by atoms with Gasteiger partial charge in [0, 0.05) is 0 Å². The third-order valence-corrected chi connectivity index (χ3v) is 6.65. The number of amides is 2. The molecule has 0 saturated carbocycles. The highest BCUT2D eigenvalue weighted by atomic mass is 19.1. The molecule has 2 saturated heterocycles. The molecule has 3 atom stereocenters. The van der Waals surface area contributed by atoms with Crippen molar-refractivity contribution in [3.05, 3.63) is 126 Å². The summed E-state index contributed by atoms with van der Waals surface area (Å²) < 4.78 is 19.0. The fraction of sp³-hybridized carbons (Fsp3) is 0.100. The highest BCUT2D eigenvalue weighted by Gasteiger charge is 2.60. The number of ether oxygens (including phenoxy) is 1. The predicted molar refractivity (Wildman–Crippen MR) is 137 cm³/mol. The normalized spacial score (nSPS) is 20.5. The molecule has 8 heteroatoms. The van der Waals surface area contributed by atoms with Gasteiger partial charge < -0.3 is 4.74 Å². The van der Waals surface area contributed by atoms with Crippen molar-refractivity contribution in [2.24, 2.45) is 5.92 Å². The molecule has 2 amide bonds. The molecule has 0 spiro atoms. The quantitative estimate of drug-likeness (QED) is 0.212. The number of nitrogens with zero attached hydrogens (tertiary/aromatic N) is 2. The zero-order chi connectivity index (χ0) is 26.2. The Hall–Kier alpha value is -4.82. The van der Waals surface area contributed by atoms with Crippen molar-refractivity contribution in [2.45, 2.75) is 12.1 Å². The maximum absolute atomic E-state index is 13.6. The fourth-order valence-corrected chi connectivity index (χ4v) is 4.87. The molecular formula is C30H21FN2O5. The number of hydrogen-bond donors (Lipinski definition) is 0. The Kier molecular flexibility index (Phi) is 5.94. The number of fused-ring (bicyclic) bond motifs is 1. The molecule has 0 radical (unpaired) electrons. The second-order valence-corrected chi connectivity index (χ2v) is 8.97. The van der Waals surface area contributed by atoms with Crippen LogP contribution in [0, 0.1) is 11.7 Å². The summed E-state index contributed by atoms with van der Waals surface area (Å²) >= 11 is 0. The maximum atomic E-state index is 13.6. The minimum Gasteiger partial charge on any atom is -0.423 e. The minimum atomic E-state index is -1.05. The zero-order valence-electron chi connectivity index (χ0n) is 19.9. The molecule has 2 aliphatic heterocycles. The van der Waals surface area contributed by atoms with Gasteiger partial charge in [-0.1, -0.05) is 48.5 Å². The van der Waals surface area contributed by atoms with Crippen molar-refractivity contribution in [3.8, 4) is 5.75 Å². The Labute approximate surface area is 217 Å². The Morgan fingerprint density at radius 1 is 0.737 bits per heavy atom. The van der Waals surface area contributed by atoms with Crippen LogP contribution in [0.15, 0.2) is 109 Å². The molecule has 2 aliphatic rings. The fourth-order valence-electron chi connectivity index (χ4n) is 4.87. The SMILES string of the molecule is O=C(Oc1ccc(C2C3C(=O)N(c4ccc(F)cc4)C(=O)C3ON2c2ccccc2)cc1)c1ccccc1. The summed E-state index contributed by atoms with van der Waals surface area (Å²) in [6.45, 7) is 0.